The van der Waals surface area contributed by atoms with Crippen LogP contribution in [0.3, 0.4) is 0 Å². The highest BCUT2D eigenvalue weighted by molar-refractivity contribution is 7.89. The highest BCUT2D eigenvalue weighted by Crippen LogP contribution is 2.30. The fourth-order valence-electron chi connectivity index (χ4n) is 2.75. The zero-order chi connectivity index (χ0) is 15.9. The molecule has 0 radical (unpaired) electrons. The highest BCUT2D eigenvalue weighted by Gasteiger charge is 2.38. The van der Waals surface area contributed by atoms with Gasteiger partial charge in [0.15, 0.2) is 0 Å². The van der Waals surface area contributed by atoms with Crippen LogP contribution in [0.4, 0.5) is 0 Å². The first kappa shape index (κ1) is 14.5. The number of aromatic nitrogens is 1. The second-order valence-electron chi connectivity index (χ2n) is 5.62. The zero-order valence-electron chi connectivity index (χ0n) is 12.4. The Morgan fingerprint density at radius 1 is 1.26 bits per heavy atom. The van der Waals surface area contributed by atoms with Crippen molar-refractivity contribution in [2.75, 3.05) is 19.7 Å². The molecule has 2 aliphatic heterocycles. The Labute approximate surface area is 134 Å². The molecule has 1 aromatic heterocycles. The molecular weight excluding hydrogens is 316 g/mol. The van der Waals surface area contributed by atoms with Crippen molar-refractivity contribution in [3.05, 3.63) is 48.3 Å². The van der Waals surface area contributed by atoms with Crippen LogP contribution in [0.1, 0.15) is 5.56 Å². The van der Waals surface area contributed by atoms with Crippen LogP contribution >= 0.6 is 0 Å². The van der Waals surface area contributed by atoms with E-state index in [0.29, 0.717) is 30.3 Å². The van der Waals surface area contributed by atoms with Gasteiger partial charge in [0.25, 0.3) is 0 Å². The fourth-order valence-corrected chi connectivity index (χ4v) is 4.31. The van der Waals surface area contributed by atoms with Gasteiger partial charge in [0, 0.05) is 12.6 Å². The highest BCUT2D eigenvalue weighted by atomic mass is 32.2. The van der Waals surface area contributed by atoms with Gasteiger partial charge in [-0.05, 0) is 35.9 Å². The number of pyridine rings is 1. The van der Waals surface area contributed by atoms with Gasteiger partial charge in [0.1, 0.15) is 17.6 Å². The van der Waals surface area contributed by atoms with Crippen molar-refractivity contribution in [3.63, 3.8) is 0 Å². The summed E-state index contributed by atoms with van der Waals surface area (Å²) in [7, 11) is -3.47. The molecule has 0 atom stereocenters. The van der Waals surface area contributed by atoms with E-state index in [9.17, 15) is 8.42 Å². The van der Waals surface area contributed by atoms with Crippen LogP contribution < -0.4 is 9.47 Å². The Kier molecular flexibility index (Phi) is 3.46. The summed E-state index contributed by atoms with van der Waals surface area (Å²) in [5, 5.41) is 0. The molecule has 1 fully saturated rings. The first-order valence-corrected chi connectivity index (χ1v) is 8.89. The van der Waals surface area contributed by atoms with Crippen molar-refractivity contribution in [3.8, 4) is 11.5 Å². The molecule has 0 N–H and O–H groups in total. The van der Waals surface area contributed by atoms with Crippen molar-refractivity contribution >= 4 is 10.0 Å². The smallest absolute Gasteiger partial charge is 0.243 e. The van der Waals surface area contributed by atoms with Gasteiger partial charge in [-0.3, -0.25) is 4.98 Å². The monoisotopic (exact) mass is 332 g/mol. The lowest BCUT2D eigenvalue weighted by molar-refractivity contribution is 0.0759. The molecule has 7 heteroatoms. The minimum Gasteiger partial charge on any atom is -0.493 e. The maximum Gasteiger partial charge on any atom is 0.243 e. The van der Waals surface area contributed by atoms with Crippen molar-refractivity contribution < 1.29 is 17.9 Å². The quantitative estimate of drug-likeness (QED) is 0.848. The van der Waals surface area contributed by atoms with E-state index in [0.717, 1.165) is 17.7 Å². The average Bonchev–Trinajstić information content (AvgIpc) is 2.99. The number of ether oxygens (including phenoxy) is 2. The molecule has 0 aliphatic carbocycles. The van der Waals surface area contributed by atoms with Crippen molar-refractivity contribution in [1.82, 2.24) is 9.29 Å². The van der Waals surface area contributed by atoms with Gasteiger partial charge in [-0.1, -0.05) is 0 Å². The van der Waals surface area contributed by atoms with Crippen LogP contribution in [0.2, 0.25) is 0 Å². The van der Waals surface area contributed by atoms with Gasteiger partial charge in [-0.25, -0.2) is 8.42 Å². The SMILES string of the molecule is O=S(=O)(c1ccc2c(c1)CCO2)N1CC(Oc2cccnc2)C1. The standard InChI is InChI=1S/C16H16N2O4S/c19-23(20,15-3-4-16-12(8-15)5-7-21-16)18-10-14(11-18)22-13-2-1-6-17-9-13/h1-4,6,8-9,14H,5,7,10-11H2. The van der Waals surface area contributed by atoms with Crippen LogP contribution in [-0.2, 0) is 16.4 Å². The topological polar surface area (TPSA) is 68.7 Å². The van der Waals surface area contributed by atoms with E-state index in [4.69, 9.17) is 9.47 Å². The van der Waals surface area contributed by atoms with E-state index in [2.05, 4.69) is 4.98 Å². The fraction of sp³-hybridized carbons (Fsp3) is 0.312. The molecule has 23 heavy (non-hydrogen) atoms. The van der Waals surface area contributed by atoms with Gasteiger partial charge in [-0.2, -0.15) is 4.31 Å². The minimum absolute atomic E-state index is 0.133. The normalized spacial score (nSPS) is 18.1. The molecule has 1 aromatic carbocycles. The average molecular weight is 332 g/mol. The molecule has 2 aliphatic rings. The lowest BCUT2D eigenvalue weighted by Gasteiger charge is -2.37. The molecular formula is C16H16N2O4S. The largest absolute Gasteiger partial charge is 0.493 e. The molecule has 0 spiro atoms. The third-order valence-corrected chi connectivity index (χ3v) is 5.88. The molecule has 3 heterocycles. The van der Waals surface area contributed by atoms with Crippen LogP contribution in [0.5, 0.6) is 11.5 Å². The second kappa shape index (κ2) is 5.50. The predicted octanol–water partition coefficient (Wildman–Crippen LogP) is 1.47. The Hall–Kier alpha value is -2.12. The Morgan fingerprint density at radius 3 is 2.91 bits per heavy atom. The summed E-state index contributed by atoms with van der Waals surface area (Å²) >= 11 is 0. The van der Waals surface area contributed by atoms with Crippen molar-refractivity contribution in [2.24, 2.45) is 0 Å². The summed E-state index contributed by atoms with van der Waals surface area (Å²) in [6, 6.07) is 8.65. The van der Waals surface area contributed by atoms with E-state index in [1.165, 1.54) is 4.31 Å². The van der Waals surface area contributed by atoms with Gasteiger partial charge in [0.2, 0.25) is 10.0 Å². The Balaban J connectivity index is 1.45. The van der Waals surface area contributed by atoms with Gasteiger partial charge >= 0.3 is 0 Å². The second-order valence-corrected chi connectivity index (χ2v) is 7.56. The lowest BCUT2D eigenvalue weighted by Crippen LogP contribution is -2.55. The first-order chi connectivity index (χ1) is 11.1. The zero-order valence-corrected chi connectivity index (χ0v) is 13.2. The van der Waals surface area contributed by atoms with Crippen molar-refractivity contribution in [2.45, 2.75) is 17.4 Å². The van der Waals surface area contributed by atoms with E-state index in [1.54, 1.807) is 36.7 Å². The molecule has 0 saturated carbocycles. The number of sulfonamides is 1. The summed E-state index contributed by atoms with van der Waals surface area (Å²) < 4.78 is 37.8. The van der Waals surface area contributed by atoms with Crippen LogP contribution in [-0.4, -0.2) is 43.5 Å². The van der Waals surface area contributed by atoms with Gasteiger partial charge in [0.05, 0.1) is 30.8 Å². The molecule has 120 valence electrons. The molecule has 2 aromatic rings. The molecule has 0 bridgehead atoms. The Bertz CT molecular complexity index is 817. The molecule has 0 unspecified atom stereocenters. The summed E-state index contributed by atoms with van der Waals surface area (Å²) in [5.74, 6) is 1.44. The number of hydrogen-bond donors (Lipinski definition) is 0. The van der Waals surface area contributed by atoms with Gasteiger partial charge in [-0.15, -0.1) is 0 Å². The number of hydrogen-bond acceptors (Lipinski definition) is 5. The number of rotatable bonds is 4. The predicted molar refractivity (Wildman–Crippen MR) is 83.1 cm³/mol. The number of nitrogens with zero attached hydrogens (tertiary/aromatic N) is 2. The Morgan fingerprint density at radius 2 is 2.13 bits per heavy atom. The third-order valence-electron chi connectivity index (χ3n) is 4.05. The van der Waals surface area contributed by atoms with Gasteiger partial charge < -0.3 is 9.47 Å². The van der Waals surface area contributed by atoms with E-state index in [-0.39, 0.29) is 6.10 Å². The number of fused-ring (bicyclic) bond motifs is 1. The molecule has 4 rings (SSSR count). The third kappa shape index (κ3) is 2.66. The van der Waals surface area contributed by atoms with Crippen LogP contribution in [0, 0.1) is 0 Å². The molecule has 1 saturated heterocycles. The number of benzene rings is 1. The summed E-state index contributed by atoms with van der Waals surface area (Å²) in [5.41, 5.74) is 0.953. The lowest BCUT2D eigenvalue weighted by atomic mass is 10.2. The first-order valence-electron chi connectivity index (χ1n) is 7.45. The van der Waals surface area contributed by atoms with E-state index >= 15 is 0 Å². The van der Waals surface area contributed by atoms with E-state index in [1.807, 2.05) is 6.07 Å². The molecule has 6 nitrogen and oxygen atoms in total. The summed E-state index contributed by atoms with van der Waals surface area (Å²) in [6.07, 6.45) is 3.91. The minimum atomic E-state index is -3.47. The molecule has 0 amide bonds. The van der Waals surface area contributed by atoms with Crippen molar-refractivity contribution in [1.29, 1.82) is 0 Å². The van der Waals surface area contributed by atoms with E-state index < -0.39 is 10.0 Å². The summed E-state index contributed by atoms with van der Waals surface area (Å²) in [6.45, 7) is 1.32. The van der Waals surface area contributed by atoms with Crippen LogP contribution in [0.15, 0.2) is 47.6 Å². The maximum atomic E-state index is 12.6. The summed E-state index contributed by atoms with van der Waals surface area (Å²) in [4.78, 5) is 4.30. The maximum absolute atomic E-state index is 12.6. The van der Waals surface area contributed by atoms with Crippen LogP contribution in [0.25, 0.3) is 0 Å².